The predicted molar refractivity (Wildman–Crippen MR) is 209 cm³/mol. The molecule has 1 aromatic heterocycles. The first-order valence-corrected chi connectivity index (χ1v) is 20.6. The number of phenolic OH excluding ortho intramolecular Hbond substituents is 2. The van der Waals surface area contributed by atoms with Crippen molar-refractivity contribution in [1.29, 1.82) is 0 Å². The summed E-state index contributed by atoms with van der Waals surface area (Å²) in [6.45, 7) is 0.766. The molecular formula is C33H34CuFN9O13S3. The summed E-state index contributed by atoms with van der Waals surface area (Å²) in [5, 5.41) is 40.8. The number of methoxy groups -OCH3 is 2. The summed E-state index contributed by atoms with van der Waals surface area (Å²) in [5.41, 5.74) is 0.451. The fourth-order valence-electron chi connectivity index (χ4n) is 5.00. The number of fused-ring (bicyclic) bond motifs is 1. The number of ether oxygens (including phenoxy) is 2. The van der Waals surface area contributed by atoms with Gasteiger partial charge < -0.3 is 29.9 Å². The van der Waals surface area contributed by atoms with E-state index in [1.165, 1.54) is 62.6 Å². The van der Waals surface area contributed by atoms with Crippen molar-refractivity contribution in [2.75, 3.05) is 57.0 Å². The molecule has 1 heterocycles. The second kappa shape index (κ2) is 20.2. The van der Waals surface area contributed by atoms with Crippen molar-refractivity contribution in [2.24, 2.45) is 20.5 Å². The van der Waals surface area contributed by atoms with E-state index in [9.17, 15) is 40.2 Å². The van der Waals surface area contributed by atoms with Gasteiger partial charge in [0.1, 0.15) is 33.4 Å². The number of aromatic hydroxyl groups is 2. The molecule has 27 heteroatoms. The quantitative estimate of drug-likeness (QED) is 0.0306. The molecule has 5 aromatic rings. The first kappa shape index (κ1) is 47.2. The van der Waals surface area contributed by atoms with Crippen molar-refractivity contribution in [1.82, 2.24) is 15.0 Å². The molecule has 4 aromatic carbocycles. The minimum absolute atomic E-state index is 0. The molecule has 0 fully saturated rings. The third-order valence-corrected chi connectivity index (χ3v) is 10.1. The van der Waals surface area contributed by atoms with Gasteiger partial charge in [-0.3, -0.25) is 13.3 Å². The van der Waals surface area contributed by atoms with Crippen LogP contribution in [0.25, 0.3) is 10.8 Å². The summed E-state index contributed by atoms with van der Waals surface area (Å²) >= 11 is -1.93. The maximum Gasteiger partial charge on any atom is 0.397 e. The van der Waals surface area contributed by atoms with E-state index in [1.54, 1.807) is 19.1 Å². The Labute approximate surface area is 354 Å². The largest absolute Gasteiger partial charge is 0.506 e. The molecule has 0 saturated carbocycles. The summed E-state index contributed by atoms with van der Waals surface area (Å²) in [5.74, 6) is -1.09. The Morgan fingerprint density at radius 1 is 0.850 bits per heavy atom. The van der Waals surface area contributed by atoms with E-state index in [0.29, 0.717) is 0 Å². The first-order chi connectivity index (χ1) is 27.8. The summed E-state index contributed by atoms with van der Waals surface area (Å²) in [7, 11) is -5.56. The zero-order chi connectivity index (χ0) is 43.1. The van der Waals surface area contributed by atoms with Gasteiger partial charge in [0.05, 0.1) is 33.2 Å². The van der Waals surface area contributed by atoms with Crippen LogP contribution in [0.1, 0.15) is 5.56 Å². The predicted octanol–water partition coefficient (Wildman–Crippen LogP) is 5.66. The van der Waals surface area contributed by atoms with Crippen LogP contribution in [-0.4, -0.2) is 102 Å². The number of aromatic nitrogens is 3. The van der Waals surface area contributed by atoms with Gasteiger partial charge in [-0.1, -0.05) is 6.07 Å². The maximum absolute atomic E-state index is 14.5. The minimum atomic E-state index is -5.07. The van der Waals surface area contributed by atoms with Crippen LogP contribution in [0.3, 0.4) is 0 Å². The SMILES string of the molecule is COc1cc(N=Nc2cc(C)ccc2O)c(N=Nc2c(S(=O)(=O)O)cc3cc(Nc4nc(F)nc(N(C)CCS(=O)OCCOS(=O)(=O)O)n4)ccc3c2O)cc1OC.[Cu]. The molecule has 0 aliphatic heterocycles. The number of aryl methyl sites for hydroxylation is 1. The van der Waals surface area contributed by atoms with Crippen LogP contribution in [0.15, 0.2) is 79.9 Å². The monoisotopic (exact) mass is 942 g/mol. The number of nitrogens with one attached hydrogen (secondary N) is 1. The Kier molecular flexibility index (Phi) is 15.9. The molecule has 0 amide bonds. The van der Waals surface area contributed by atoms with Crippen LogP contribution in [-0.2, 0) is 57.0 Å². The second-order valence-corrected chi connectivity index (χ2v) is 15.7. The molecule has 5 N–H and O–H groups in total. The average molecular weight is 943 g/mol. The van der Waals surface area contributed by atoms with Gasteiger partial charge in [-0.25, -0.2) is 8.39 Å². The summed E-state index contributed by atoms with van der Waals surface area (Å²) < 4.78 is 112. The minimum Gasteiger partial charge on any atom is -0.506 e. The van der Waals surface area contributed by atoms with Crippen LogP contribution in [0, 0.1) is 13.0 Å². The van der Waals surface area contributed by atoms with Crippen LogP contribution >= 0.6 is 0 Å². The van der Waals surface area contributed by atoms with Crippen molar-refractivity contribution in [3.63, 3.8) is 0 Å². The van der Waals surface area contributed by atoms with Crippen molar-refractivity contribution in [3.8, 4) is 23.0 Å². The Morgan fingerprint density at radius 2 is 1.50 bits per heavy atom. The fraction of sp³-hybridized carbons (Fsp3) is 0.242. The molecular weight excluding hydrogens is 909 g/mol. The van der Waals surface area contributed by atoms with E-state index in [0.717, 1.165) is 11.6 Å². The summed E-state index contributed by atoms with van der Waals surface area (Å²) in [6.07, 6.45) is -1.20. The molecule has 0 saturated heterocycles. The summed E-state index contributed by atoms with van der Waals surface area (Å²) in [4.78, 5) is 11.9. The molecule has 0 aliphatic carbocycles. The topological polar surface area (TPSA) is 307 Å². The standard InChI is InChI=1S/C33H34FN9O13S3.Cu/c1-18-5-8-25(44)24(13-18)41-39-22-16-26(53-3)27(54-4)17-23(22)40-42-29-28(58(47,48)49)15-19-14-20(6-7-21(19)30(29)45)35-32-36-31(34)37-33(38-32)43(2)9-12-57(46)55-10-11-56-59(50,51)52;/h5-8,13-17,44-45H,9-12H2,1-4H3,(H,47,48,49)(H,50,51,52)(H,35,36,37,38);. The molecule has 0 aliphatic rings. The Morgan fingerprint density at radius 3 is 2.13 bits per heavy atom. The third-order valence-electron chi connectivity index (χ3n) is 7.78. The molecule has 60 heavy (non-hydrogen) atoms. The molecule has 1 unspecified atom stereocenters. The van der Waals surface area contributed by atoms with Gasteiger partial charge in [-0.05, 0) is 54.3 Å². The number of benzene rings is 4. The van der Waals surface area contributed by atoms with E-state index in [4.69, 9.17) is 18.2 Å². The number of phenols is 2. The molecule has 0 bridgehead atoms. The van der Waals surface area contributed by atoms with Crippen LogP contribution < -0.4 is 19.7 Å². The van der Waals surface area contributed by atoms with Gasteiger partial charge in [0.25, 0.3) is 10.1 Å². The van der Waals surface area contributed by atoms with Crippen molar-refractivity contribution in [3.05, 3.63) is 66.2 Å². The van der Waals surface area contributed by atoms with E-state index in [1.807, 2.05) is 0 Å². The Hall–Kier alpha value is -5.51. The fourth-order valence-corrected chi connectivity index (χ4v) is 6.73. The second-order valence-electron chi connectivity index (χ2n) is 11.9. The van der Waals surface area contributed by atoms with Gasteiger partial charge >= 0.3 is 16.5 Å². The van der Waals surface area contributed by atoms with Crippen LogP contribution in [0.5, 0.6) is 23.0 Å². The van der Waals surface area contributed by atoms with E-state index >= 15 is 0 Å². The van der Waals surface area contributed by atoms with Crippen LogP contribution in [0.4, 0.5) is 44.7 Å². The maximum atomic E-state index is 14.5. The summed E-state index contributed by atoms with van der Waals surface area (Å²) in [6, 6.07) is 12.6. The van der Waals surface area contributed by atoms with Gasteiger partial charge in [0.15, 0.2) is 28.3 Å². The average Bonchev–Trinajstić information content (AvgIpc) is 3.17. The van der Waals surface area contributed by atoms with Crippen LogP contribution in [0.2, 0.25) is 0 Å². The van der Waals surface area contributed by atoms with Gasteiger partial charge in [0, 0.05) is 53.9 Å². The van der Waals surface area contributed by atoms with E-state index in [2.05, 4.69) is 44.9 Å². The number of anilines is 3. The molecule has 325 valence electrons. The first-order valence-electron chi connectivity index (χ1n) is 16.5. The van der Waals surface area contributed by atoms with E-state index < -0.39 is 67.2 Å². The Balaban J connectivity index is 0.00000794. The molecule has 1 radical (unpaired) electrons. The smallest absolute Gasteiger partial charge is 0.397 e. The molecule has 1 atom stereocenters. The number of hydrogen-bond donors (Lipinski definition) is 5. The number of hydrogen-bond acceptors (Lipinski definition) is 20. The third kappa shape index (κ3) is 12.5. The van der Waals surface area contributed by atoms with Crippen molar-refractivity contribution in [2.45, 2.75) is 11.8 Å². The number of rotatable bonds is 18. The van der Waals surface area contributed by atoms with Gasteiger partial charge in [0.2, 0.25) is 11.9 Å². The van der Waals surface area contributed by atoms with E-state index in [-0.39, 0.29) is 92.0 Å². The number of halogens is 1. The number of nitrogens with zero attached hydrogens (tertiary/aromatic N) is 8. The van der Waals surface area contributed by atoms with Crippen molar-refractivity contribution >= 4 is 82.7 Å². The zero-order valence-corrected chi connectivity index (χ0v) is 34.9. The normalized spacial score (nSPS) is 12.4. The van der Waals surface area contributed by atoms with Crippen molar-refractivity contribution < 1.29 is 79.7 Å². The Bertz CT molecular complexity index is 2700. The zero-order valence-electron chi connectivity index (χ0n) is 31.5. The van der Waals surface area contributed by atoms with Gasteiger partial charge in [-0.15, -0.1) is 20.5 Å². The van der Waals surface area contributed by atoms with Gasteiger partial charge in [-0.2, -0.15) is 36.2 Å². The molecule has 5 rings (SSSR count). The number of azo groups is 2. The molecule has 22 nitrogen and oxygen atoms in total. The molecule has 0 spiro atoms.